The van der Waals surface area contributed by atoms with Crippen LogP contribution in [0.5, 0.6) is 0 Å². The van der Waals surface area contributed by atoms with Gasteiger partial charge in [0.25, 0.3) is 0 Å². The lowest BCUT2D eigenvalue weighted by molar-refractivity contribution is -0.141. The third-order valence-corrected chi connectivity index (χ3v) is 4.01. The fourth-order valence-corrected chi connectivity index (χ4v) is 3.12. The second-order valence-electron chi connectivity index (χ2n) is 6.23. The van der Waals surface area contributed by atoms with Crippen molar-refractivity contribution in [1.29, 1.82) is 0 Å². The zero-order chi connectivity index (χ0) is 15.0. The maximum atomic E-state index is 12.6. The summed E-state index contributed by atoms with van der Waals surface area (Å²) in [5.41, 5.74) is 5.05. The van der Waals surface area contributed by atoms with Crippen molar-refractivity contribution >= 4 is 21.2 Å². The molecule has 110 valence electrons. The van der Waals surface area contributed by atoms with Crippen molar-refractivity contribution in [3.05, 3.63) is 0 Å². The molecule has 0 aromatic rings. The van der Waals surface area contributed by atoms with Crippen LogP contribution in [0, 0.1) is 11.3 Å². The number of rotatable bonds is 3. The van der Waals surface area contributed by atoms with Crippen molar-refractivity contribution in [2.45, 2.75) is 45.9 Å². The molecule has 1 aliphatic heterocycles. The number of aliphatic hydroxyl groups is 1. The van der Waals surface area contributed by atoms with Crippen LogP contribution in [-0.2, 0) is 9.59 Å². The van der Waals surface area contributed by atoms with Crippen LogP contribution in [0.25, 0.3) is 0 Å². The van der Waals surface area contributed by atoms with E-state index in [4.69, 9.17) is 5.73 Å². The largest absolute Gasteiger partial charge is 0.391 e. The summed E-state index contributed by atoms with van der Waals surface area (Å²) in [7, 11) is 2.33. The molecule has 2 unspecified atom stereocenters. The van der Waals surface area contributed by atoms with Gasteiger partial charge >= 0.3 is 0 Å². The van der Waals surface area contributed by atoms with Gasteiger partial charge in [0.1, 0.15) is 6.04 Å². The third-order valence-electron chi connectivity index (χ3n) is 3.68. The first-order chi connectivity index (χ1) is 8.61. The maximum Gasteiger partial charge on any atom is 0.241 e. The molecule has 4 N–H and O–H groups in total. The van der Waals surface area contributed by atoms with E-state index in [1.54, 1.807) is 6.92 Å². The number of nitrogens with one attached hydrogen (secondary N) is 1. The second kappa shape index (κ2) is 5.73. The zero-order valence-corrected chi connectivity index (χ0v) is 13.0. The summed E-state index contributed by atoms with van der Waals surface area (Å²) in [5.74, 6) is -1.13. The molecule has 0 saturated carbocycles. The molecule has 7 heteroatoms. The Morgan fingerprint density at radius 1 is 1.47 bits per heavy atom. The fraction of sp³-hybridized carbons (Fsp3) is 0.833. The van der Waals surface area contributed by atoms with E-state index < -0.39 is 24.1 Å². The van der Waals surface area contributed by atoms with E-state index in [0.29, 0.717) is 0 Å². The molecule has 1 heterocycles. The lowest BCUT2D eigenvalue weighted by Crippen LogP contribution is -2.55. The summed E-state index contributed by atoms with van der Waals surface area (Å²) >= 11 is 0. The van der Waals surface area contributed by atoms with Crippen LogP contribution in [-0.4, -0.2) is 46.6 Å². The van der Waals surface area contributed by atoms with Gasteiger partial charge in [0.05, 0.1) is 12.1 Å². The Bertz CT molecular complexity index is 370. The van der Waals surface area contributed by atoms with Gasteiger partial charge in [-0.1, -0.05) is 37.1 Å². The average molecular weight is 289 g/mol. The Kier molecular flexibility index (Phi) is 4.93. The van der Waals surface area contributed by atoms with Crippen LogP contribution in [0.3, 0.4) is 0 Å². The smallest absolute Gasteiger partial charge is 0.241 e. The molecule has 2 amide bonds. The van der Waals surface area contributed by atoms with Crippen molar-refractivity contribution in [3.8, 4) is 0 Å². The van der Waals surface area contributed by atoms with Gasteiger partial charge in [-0.05, 0) is 5.41 Å². The van der Waals surface area contributed by atoms with Gasteiger partial charge in [-0.2, -0.15) is 0 Å². The summed E-state index contributed by atoms with van der Waals surface area (Å²) in [5, 5.41) is 12.8. The number of likely N-dealkylation sites (tertiary alicyclic amines) is 1. The first-order valence-corrected chi connectivity index (χ1v) is 6.93. The average Bonchev–Trinajstić information content (AvgIpc) is 2.54. The molecule has 19 heavy (non-hydrogen) atoms. The third kappa shape index (κ3) is 3.25. The molecular weight excluding hydrogens is 265 g/mol. The number of hydrogen-bond acceptors (Lipinski definition) is 4. The molecule has 0 radical (unpaired) electrons. The minimum atomic E-state index is -0.745. The minimum Gasteiger partial charge on any atom is -0.391 e. The number of aliphatic hydroxyl groups excluding tert-OH is 1. The van der Waals surface area contributed by atoms with E-state index in [0.717, 1.165) is 0 Å². The van der Waals surface area contributed by atoms with Gasteiger partial charge in [-0.3, -0.25) is 14.7 Å². The summed E-state index contributed by atoms with van der Waals surface area (Å²) in [6, 6.07) is -1.21. The van der Waals surface area contributed by atoms with E-state index in [1.165, 1.54) is 4.90 Å². The van der Waals surface area contributed by atoms with Crippen molar-refractivity contribution in [1.82, 2.24) is 9.99 Å². The fourth-order valence-electron chi connectivity index (χ4n) is 2.47. The van der Waals surface area contributed by atoms with E-state index in [-0.39, 0.29) is 23.8 Å². The van der Waals surface area contributed by atoms with Gasteiger partial charge in [0.15, 0.2) is 0 Å². The molecule has 0 aliphatic carbocycles. The Balaban J connectivity index is 3.01. The molecule has 1 aliphatic rings. The number of primary amides is 1. The number of amides is 2. The highest BCUT2D eigenvalue weighted by atomic mass is 31.0. The first-order valence-electron chi connectivity index (χ1n) is 6.35. The van der Waals surface area contributed by atoms with Gasteiger partial charge in [-0.25, -0.2) is 0 Å². The normalized spacial score (nSPS) is 29.4. The van der Waals surface area contributed by atoms with Gasteiger partial charge < -0.3 is 15.7 Å². The van der Waals surface area contributed by atoms with E-state index in [2.05, 4.69) is 14.5 Å². The summed E-state index contributed by atoms with van der Waals surface area (Å²) in [6.45, 7) is 7.67. The predicted molar refractivity (Wildman–Crippen MR) is 76.0 cm³/mol. The van der Waals surface area contributed by atoms with Crippen molar-refractivity contribution in [2.24, 2.45) is 17.1 Å². The van der Waals surface area contributed by atoms with Crippen LogP contribution in [0.1, 0.15) is 27.7 Å². The highest BCUT2D eigenvalue weighted by molar-refractivity contribution is 7.13. The van der Waals surface area contributed by atoms with Crippen molar-refractivity contribution < 1.29 is 14.7 Å². The van der Waals surface area contributed by atoms with Crippen LogP contribution >= 0.6 is 9.39 Å². The Hall–Kier alpha value is -0.710. The van der Waals surface area contributed by atoms with Gasteiger partial charge in [-0.15, -0.1) is 0 Å². The molecule has 0 spiro atoms. The number of β-amino-alcohol motifs (C(OH)–C–C–N with tert-alkyl or cyclic N) is 1. The van der Waals surface area contributed by atoms with Crippen LogP contribution in [0.2, 0.25) is 0 Å². The number of hydrogen-bond donors (Lipinski definition) is 3. The SMILES string of the molecule is CC1[C@@H](C(N)=O)N(C(=O)[C@@H](NP)C(C)(C)C)C[C@@H]1O. The molecule has 0 bridgehead atoms. The number of carbonyl (C=O) groups excluding carboxylic acids is 2. The summed E-state index contributed by atoms with van der Waals surface area (Å²) in [6.07, 6.45) is -0.716. The molecule has 1 saturated heterocycles. The molecule has 1 fully saturated rings. The second-order valence-corrected chi connectivity index (χ2v) is 6.56. The summed E-state index contributed by atoms with van der Waals surface area (Å²) < 4.78 is 0. The number of nitrogens with zero attached hydrogens (tertiary/aromatic N) is 1. The van der Waals surface area contributed by atoms with E-state index in [9.17, 15) is 14.7 Å². The van der Waals surface area contributed by atoms with Crippen molar-refractivity contribution in [3.63, 3.8) is 0 Å². The Morgan fingerprint density at radius 2 is 2.00 bits per heavy atom. The Morgan fingerprint density at radius 3 is 2.37 bits per heavy atom. The summed E-state index contributed by atoms with van der Waals surface area (Å²) in [4.78, 5) is 25.5. The van der Waals surface area contributed by atoms with Gasteiger partial charge in [0, 0.05) is 12.5 Å². The van der Waals surface area contributed by atoms with E-state index in [1.807, 2.05) is 20.8 Å². The molecular formula is C12H24N3O3P. The molecule has 6 nitrogen and oxygen atoms in total. The molecule has 5 atom stereocenters. The quantitative estimate of drug-likeness (QED) is 0.609. The minimum absolute atomic E-state index is 0.145. The molecule has 0 aromatic heterocycles. The maximum absolute atomic E-state index is 12.6. The number of carbonyl (C=O) groups is 2. The predicted octanol–water partition coefficient (Wildman–Crippen LogP) is -0.526. The highest BCUT2D eigenvalue weighted by Gasteiger charge is 2.46. The van der Waals surface area contributed by atoms with Crippen molar-refractivity contribution in [2.75, 3.05) is 6.54 Å². The van der Waals surface area contributed by atoms with Crippen LogP contribution in [0.4, 0.5) is 0 Å². The molecule has 1 rings (SSSR count). The van der Waals surface area contributed by atoms with Gasteiger partial charge in [0.2, 0.25) is 11.8 Å². The van der Waals surface area contributed by atoms with Crippen LogP contribution < -0.4 is 10.8 Å². The number of nitrogens with two attached hydrogens (primary N) is 1. The zero-order valence-electron chi connectivity index (χ0n) is 11.9. The Labute approximate surface area is 116 Å². The highest BCUT2D eigenvalue weighted by Crippen LogP contribution is 2.29. The standard InChI is InChI=1S/C12H24N3O3P/c1-6-7(16)5-15(8(6)10(13)17)11(18)9(14-19)12(2,3)4/h6-9,14,16H,5,19H2,1-4H3,(H2,13,17)/t6?,7-,8-,9+/m0/s1. The van der Waals surface area contributed by atoms with E-state index >= 15 is 0 Å². The lowest BCUT2D eigenvalue weighted by Gasteiger charge is -2.34. The van der Waals surface area contributed by atoms with Crippen LogP contribution in [0.15, 0.2) is 0 Å². The first kappa shape index (κ1) is 16.3. The monoisotopic (exact) mass is 289 g/mol. The lowest BCUT2D eigenvalue weighted by atomic mass is 9.86. The topological polar surface area (TPSA) is 95.7 Å². The molecule has 0 aromatic carbocycles.